The van der Waals surface area contributed by atoms with Crippen molar-refractivity contribution >= 4 is 23.9 Å². The quantitative estimate of drug-likeness (QED) is 0.0113. The second-order valence-corrected chi connectivity index (χ2v) is 16.1. The minimum Gasteiger partial charge on any atom is -0.462 e. The highest BCUT2D eigenvalue weighted by Crippen LogP contribution is 2.12. The maximum Gasteiger partial charge on any atom is 0.331 e. The number of esters is 4. The van der Waals surface area contributed by atoms with Crippen molar-refractivity contribution in [3.8, 4) is 0 Å². The Morgan fingerprint density at radius 2 is 0.892 bits per heavy atom. The first kappa shape index (κ1) is 60.3. The molecule has 0 bridgehead atoms. The number of unbranched alkanes of at least 4 members (excludes halogenated alkanes) is 14. The Bertz CT molecular complexity index is 1480. The predicted molar refractivity (Wildman–Crippen MR) is 270 cm³/mol. The minimum absolute atomic E-state index is 0.107. The highest BCUT2D eigenvalue weighted by atomic mass is 16.6. The molecule has 0 aromatic heterocycles. The number of ether oxygens (including phenoxy) is 4. The number of carbonyl (C=O) groups excluding carboxylic acids is 4. The van der Waals surface area contributed by atoms with E-state index in [-0.39, 0.29) is 44.6 Å². The van der Waals surface area contributed by atoms with Crippen molar-refractivity contribution in [2.45, 2.75) is 200 Å². The summed E-state index contributed by atoms with van der Waals surface area (Å²) in [5.41, 5.74) is 2.96. The van der Waals surface area contributed by atoms with Gasteiger partial charge in [0.1, 0.15) is 19.8 Å². The van der Waals surface area contributed by atoms with Crippen LogP contribution in [0.3, 0.4) is 0 Å². The van der Waals surface area contributed by atoms with Gasteiger partial charge in [-0.05, 0) is 115 Å². The van der Waals surface area contributed by atoms with E-state index in [4.69, 9.17) is 18.9 Å². The van der Waals surface area contributed by atoms with Gasteiger partial charge in [0.2, 0.25) is 0 Å². The van der Waals surface area contributed by atoms with E-state index in [1.807, 2.05) is 12.2 Å². The average molecular weight is 901 g/mol. The van der Waals surface area contributed by atoms with E-state index < -0.39 is 18.0 Å². The lowest BCUT2D eigenvalue weighted by Crippen LogP contribution is -2.30. The molecule has 364 valence electrons. The molecule has 0 aromatic carbocycles. The fourth-order valence-corrected chi connectivity index (χ4v) is 6.21. The molecule has 65 heavy (non-hydrogen) atoms. The van der Waals surface area contributed by atoms with E-state index in [0.29, 0.717) is 25.7 Å². The van der Waals surface area contributed by atoms with Gasteiger partial charge in [-0.1, -0.05) is 163 Å². The van der Waals surface area contributed by atoms with Crippen LogP contribution in [0, 0.1) is 0 Å². The lowest BCUT2D eigenvalue weighted by molar-refractivity contribution is -0.167. The molecule has 0 saturated heterocycles. The molecule has 0 aliphatic carbocycles. The largest absolute Gasteiger partial charge is 0.462 e. The van der Waals surface area contributed by atoms with Gasteiger partial charge in [0.05, 0.1) is 0 Å². The lowest BCUT2D eigenvalue weighted by atomic mass is 10.1. The molecule has 1 unspecified atom stereocenters. The molecule has 0 N–H and O–H groups in total. The maximum absolute atomic E-state index is 12.8. The van der Waals surface area contributed by atoms with Crippen molar-refractivity contribution in [1.82, 2.24) is 0 Å². The Hall–Kier alpha value is -4.68. The Morgan fingerprint density at radius 3 is 1.45 bits per heavy atom. The Balaban J connectivity index is 4.63. The van der Waals surface area contributed by atoms with Crippen molar-refractivity contribution < 1.29 is 38.1 Å². The molecule has 0 rings (SSSR count). The summed E-state index contributed by atoms with van der Waals surface area (Å²) < 4.78 is 21.7. The fourth-order valence-electron chi connectivity index (χ4n) is 6.21. The van der Waals surface area contributed by atoms with E-state index >= 15 is 0 Å². The van der Waals surface area contributed by atoms with Crippen LogP contribution < -0.4 is 0 Å². The van der Waals surface area contributed by atoms with Crippen LogP contribution in [-0.4, -0.2) is 49.8 Å². The summed E-state index contributed by atoms with van der Waals surface area (Å²) in [6, 6.07) is 0. The van der Waals surface area contributed by atoms with Crippen molar-refractivity contribution in [2.75, 3.05) is 19.8 Å². The van der Waals surface area contributed by atoms with Crippen LogP contribution in [0.4, 0.5) is 0 Å². The second kappa shape index (κ2) is 50.3. The normalized spacial score (nSPS) is 12.5. The zero-order chi connectivity index (χ0) is 47.4. The molecule has 0 heterocycles. The van der Waals surface area contributed by atoms with Crippen LogP contribution in [0.25, 0.3) is 0 Å². The third kappa shape index (κ3) is 48.6. The minimum atomic E-state index is -0.867. The summed E-state index contributed by atoms with van der Waals surface area (Å²) in [6.07, 6.45) is 60.4. The van der Waals surface area contributed by atoms with Crippen molar-refractivity contribution in [3.05, 3.63) is 115 Å². The molecule has 8 heteroatoms. The van der Waals surface area contributed by atoms with E-state index in [9.17, 15) is 19.2 Å². The van der Waals surface area contributed by atoms with Crippen molar-refractivity contribution in [1.29, 1.82) is 0 Å². The van der Waals surface area contributed by atoms with Gasteiger partial charge in [0, 0.05) is 25.3 Å². The third-order valence-electron chi connectivity index (χ3n) is 9.95. The topological polar surface area (TPSA) is 105 Å². The molecule has 0 aliphatic rings. The van der Waals surface area contributed by atoms with E-state index in [2.05, 4.69) is 99.4 Å². The average Bonchev–Trinajstić information content (AvgIpc) is 3.30. The Morgan fingerprint density at radius 1 is 0.431 bits per heavy atom. The molecule has 8 nitrogen and oxygen atoms in total. The zero-order valence-electron chi connectivity index (χ0n) is 40.9. The van der Waals surface area contributed by atoms with Gasteiger partial charge in [-0.3, -0.25) is 14.4 Å². The highest BCUT2D eigenvalue weighted by molar-refractivity contribution is 5.82. The van der Waals surface area contributed by atoms with Gasteiger partial charge in [-0.2, -0.15) is 0 Å². The molecular weight excluding hydrogens is 813 g/mol. The zero-order valence-corrected chi connectivity index (χ0v) is 40.9. The van der Waals surface area contributed by atoms with Crippen LogP contribution >= 0.6 is 0 Å². The van der Waals surface area contributed by atoms with Gasteiger partial charge >= 0.3 is 23.9 Å². The van der Waals surface area contributed by atoms with Crippen molar-refractivity contribution in [3.63, 3.8) is 0 Å². The monoisotopic (exact) mass is 901 g/mol. The summed E-state index contributed by atoms with van der Waals surface area (Å²) in [4.78, 5) is 49.7. The lowest BCUT2D eigenvalue weighted by Gasteiger charge is -2.18. The first-order valence-corrected chi connectivity index (χ1v) is 25.2. The van der Waals surface area contributed by atoms with E-state index in [1.165, 1.54) is 18.9 Å². The summed E-state index contributed by atoms with van der Waals surface area (Å²) in [6.45, 7) is 6.22. The number of hydrogen-bond acceptors (Lipinski definition) is 8. The van der Waals surface area contributed by atoms with Crippen LogP contribution in [0.1, 0.15) is 194 Å². The van der Waals surface area contributed by atoms with Crippen LogP contribution in [0.5, 0.6) is 0 Å². The van der Waals surface area contributed by atoms with Gasteiger partial charge in [0.15, 0.2) is 6.10 Å². The molecule has 0 amide bonds. The van der Waals surface area contributed by atoms with Crippen LogP contribution in [-0.2, 0) is 38.1 Å². The Labute approximate surface area is 395 Å². The van der Waals surface area contributed by atoms with E-state index in [0.717, 1.165) is 122 Å². The molecule has 1 atom stereocenters. The van der Waals surface area contributed by atoms with E-state index in [1.54, 1.807) is 18.2 Å². The van der Waals surface area contributed by atoms with Gasteiger partial charge in [-0.15, -0.1) is 5.73 Å². The van der Waals surface area contributed by atoms with Gasteiger partial charge in [0.25, 0.3) is 0 Å². The predicted octanol–water partition coefficient (Wildman–Crippen LogP) is 15.3. The second-order valence-electron chi connectivity index (χ2n) is 16.1. The van der Waals surface area contributed by atoms with Crippen LogP contribution in [0.2, 0.25) is 0 Å². The molecule has 0 fully saturated rings. The highest BCUT2D eigenvalue weighted by Gasteiger charge is 2.19. The van der Waals surface area contributed by atoms with Gasteiger partial charge in [-0.25, -0.2) is 4.79 Å². The van der Waals surface area contributed by atoms with Crippen LogP contribution in [0.15, 0.2) is 115 Å². The smallest absolute Gasteiger partial charge is 0.331 e. The van der Waals surface area contributed by atoms with Gasteiger partial charge < -0.3 is 18.9 Å². The molecule has 0 aliphatic heterocycles. The molecule has 0 aromatic rings. The fraction of sp³-hybridized carbons (Fsp3) is 0.596. The summed E-state index contributed by atoms with van der Waals surface area (Å²) in [7, 11) is 0. The summed E-state index contributed by atoms with van der Waals surface area (Å²) in [5, 5.41) is 0. The number of hydrogen-bond donors (Lipinski definition) is 0. The molecule has 0 saturated carbocycles. The summed E-state index contributed by atoms with van der Waals surface area (Å²) in [5.74, 6) is -1.58. The number of rotatable bonds is 43. The molecular formula is C57H88O8. The summed E-state index contributed by atoms with van der Waals surface area (Å²) >= 11 is 0. The molecule has 0 radical (unpaired) electrons. The molecule has 0 spiro atoms. The SMILES string of the molecule is CCC=CCC=CCC=CCCCCCCCC(=O)OCC(COC(=O)CCCC=C=CCOC(=O)C=CC=CCCCCC)OC(=O)CCCCCCCC=CCC=CCC=CCC. The Kier molecular flexibility index (Phi) is 46.7. The maximum atomic E-state index is 12.8. The van der Waals surface area contributed by atoms with Crippen molar-refractivity contribution in [2.24, 2.45) is 0 Å². The first-order valence-electron chi connectivity index (χ1n) is 25.2. The first-order chi connectivity index (χ1) is 31.9. The standard InChI is InChI=1S/C57H88O8/c1-4-7-10-13-16-18-20-22-24-26-28-30-33-37-42-47-55(59)63-51-53(65-57(61)49-44-38-34-31-29-27-25-23-21-19-17-14-11-8-5-2)52-64-56(60)48-43-39-35-40-45-50-62-54(58)46-41-36-32-15-12-9-6-3/h7-8,10-11,16-19,22-25,32,35-36,41,45-46,53H,4-6,9,12-15,20-21,26-31,33-34,37-39,42-44,47-52H2,1-3H3. The third-order valence-corrected chi connectivity index (χ3v) is 9.95. The number of carbonyl (C=O) groups is 4. The number of allylic oxidation sites excluding steroid dienone is 15.